The molecule has 0 spiro atoms. The summed E-state index contributed by atoms with van der Waals surface area (Å²) in [6.07, 6.45) is -8.94. The Labute approximate surface area is 144 Å². The van der Waals surface area contributed by atoms with Gasteiger partial charge in [-0.1, -0.05) is 43.0 Å². The van der Waals surface area contributed by atoms with Crippen molar-refractivity contribution in [3.63, 3.8) is 0 Å². The first kappa shape index (κ1) is 19.5. The summed E-state index contributed by atoms with van der Waals surface area (Å²) in [4.78, 5) is 0. The van der Waals surface area contributed by atoms with E-state index < -0.39 is 29.5 Å². The molecule has 0 atom stereocenters. The smallest absolute Gasteiger partial charge is 0.438 e. The Morgan fingerprint density at radius 1 is 1.00 bits per heavy atom. The van der Waals surface area contributed by atoms with Gasteiger partial charge < -0.3 is 4.74 Å². The summed E-state index contributed by atoms with van der Waals surface area (Å²) in [5.74, 6) is -1.83. The van der Waals surface area contributed by atoms with Gasteiger partial charge in [0.25, 0.3) is 0 Å². The molecule has 0 aliphatic rings. The van der Waals surface area contributed by atoms with Gasteiger partial charge in [0.2, 0.25) is 0 Å². The summed E-state index contributed by atoms with van der Waals surface area (Å²) >= 11 is 0.408. The van der Waals surface area contributed by atoms with Crippen molar-refractivity contribution < 1.29 is 31.1 Å². The fourth-order valence-corrected chi connectivity index (χ4v) is 3.23. The van der Waals surface area contributed by atoms with E-state index in [4.69, 9.17) is 0 Å². The average Bonchev–Trinajstić information content (AvgIpc) is 2.51. The van der Waals surface area contributed by atoms with Crippen LogP contribution in [0.4, 0.5) is 26.3 Å². The molecule has 0 N–H and O–H groups in total. The SMILES string of the molecule is C=Cc1c(OC(CSC)(C(F)(F)F)C(F)(F)F)ccc2ccccc12. The third-order valence-corrected chi connectivity index (χ3v) is 4.38. The van der Waals surface area contributed by atoms with Gasteiger partial charge in [0.15, 0.2) is 0 Å². The molecular formula is C17H14F6OS. The molecule has 0 bridgehead atoms. The topological polar surface area (TPSA) is 9.23 Å². The lowest BCUT2D eigenvalue weighted by Crippen LogP contribution is -2.63. The first-order valence-electron chi connectivity index (χ1n) is 7.03. The molecule has 0 aliphatic carbocycles. The van der Waals surface area contributed by atoms with Gasteiger partial charge >= 0.3 is 18.0 Å². The summed E-state index contributed by atoms with van der Waals surface area (Å²) in [6.45, 7) is 3.49. The number of hydrogen-bond donors (Lipinski definition) is 0. The van der Waals surface area contributed by atoms with Crippen molar-refractivity contribution in [2.75, 3.05) is 12.0 Å². The second-order valence-corrected chi connectivity index (χ2v) is 6.13. The number of benzene rings is 2. The van der Waals surface area contributed by atoms with Crippen molar-refractivity contribution in [1.29, 1.82) is 0 Å². The third kappa shape index (κ3) is 3.44. The van der Waals surface area contributed by atoms with E-state index in [-0.39, 0.29) is 5.56 Å². The van der Waals surface area contributed by atoms with Gasteiger partial charge in [-0.15, -0.1) is 0 Å². The van der Waals surface area contributed by atoms with Crippen LogP contribution < -0.4 is 4.74 Å². The quantitative estimate of drug-likeness (QED) is 0.581. The Morgan fingerprint density at radius 2 is 1.60 bits per heavy atom. The van der Waals surface area contributed by atoms with Gasteiger partial charge in [-0.05, 0) is 23.1 Å². The number of hydrogen-bond acceptors (Lipinski definition) is 2. The minimum absolute atomic E-state index is 0.0806. The highest BCUT2D eigenvalue weighted by Gasteiger charge is 2.73. The fraction of sp³-hybridized carbons (Fsp3) is 0.294. The van der Waals surface area contributed by atoms with Crippen LogP contribution in [0, 0.1) is 0 Å². The van der Waals surface area contributed by atoms with E-state index in [1.165, 1.54) is 12.1 Å². The number of halogens is 6. The maximum atomic E-state index is 13.4. The van der Waals surface area contributed by atoms with Crippen molar-refractivity contribution in [2.24, 2.45) is 0 Å². The van der Waals surface area contributed by atoms with Gasteiger partial charge in [0.1, 0.15) is 5.75 Å². The van der Waals surface area contributed by atoms with Crippen LogP contribution in [0.25, 0.3) is 16.8 Å². The van der Waals surface area contributed by atoms with E-state index in [0.717, 1.165) is 12.3 Å². The average molecular weight is 380 g/mol. The predicted molar refractivity (Wildman–Crippen MR) is 87.9 cm³/mol. The molecule has 2 rings (SSSR count). The summed E-state index contributed by atoms with van der Waals surface area (Å²) < 4.78 is 85.1. The van der Waals surface area contributed by atoms with Crippen LogP contribution in [0.15, 0.2) is 43.0 Å². The second-order valence-electron chi connectivity index (χ2n) is 5.26. The predicted octanol–water partition coefficient (Wildman–Crippen LogP) is 6.09. The molecule has 136 valence electrons. The van der Waals surface area contributed by atoms with E-state index in [9.17, 15) is 26.3 Å². The minimum Gasteiger partial charge on any atom is -0.467 e. The first-order valence-corrected chi connectivity index (χ1v) is 8.42. The standard InChI is InChI=1S/C17H14F6OS/c1-3-12-13-7-5-4-6-11(13)8-9-14(12)24-15(10-25-2,16(18,19)20)17(21,22)23/h3-9H,1,10H2,2H3. The zero-order valence-corrected chi connectivity index (χ0v) is 13.9. The van der Waals surface area contributed by atoms with Crippen molar-refractivity contribution in [3.8, 4) is 5.75 Å². The molecule has 0 aromatic heterocycles. The van der Waals surface area contributed by atoms with E-state index >= 15 is 0 Å². The Kier molecular flexibility index (Phi) is 5.32. The Hall–Kier alpha value is -1.83. The Balaban J connectivity index is 2.67. The highest BCUT2D eigenvalue weighted by atomic mass is 32.2. The Bertz CT molecular complexity index is 752. The van der Waals surface area contributed by atoms with Crippen molar-refractivity contribution >= 4 is 28.6 Å². The van der Waals surface area contributed by atoms with Crippen LogP contribution in [0.2, 0.25) is 0 Å². The normalized spacial score (nSPS) is 13.1. The lowest BCUT2D eigenvalue weighted by molar-refractivity contribution is -0.348. The van der Waals surface area contributed by atoms with E-state index in [0.29, 0.717) is 22.5 Å². The monoisotopic (exact) mass is 380 g/mol. The number of rotatable bonds is 5. The number of alkyl halides is 6. The molecule has 1 nitrogen and oxygen atoms in total. The van der Waals surface area contributed by atoms with Gasteiger partial charge in [0, 0.05) is 5.56 Å². The summed E-state index contributed by atoms with van der Waals surface area (Å²) in [5.41, 5.74) is -4.23. The minimum atomic E-state index is -5.64. The van der Waals surface area contributed by atoms with Crippen LogP contribution in [-0.4, -0.2) is 30.0 Å². The molecule has 2 aromatic rings. The summed E-state index contributed by atoms with van der Waals surface area (Å²) in [5, 5.41) is 1.11. The Morgan fingerprint density at radius 3 is 2.12 bits per heavy atom. The molecule has 0 amide bonds. The fourth-order valence-electron chi connectivity index (χ4n) is 2.44. The zero-order chi connectivity index (χ0) is 18.9. The maximum Gasteiger partial charge on any atom is 0.438 e. The van der Waals surface area contributed by atoms with Crippen LogP contribution in [0.5, 0.6) is 5.75 Å². The van der Waals surface area contributed by atoms with E-state index in [2.05, 4.69) is 11.3 Å². The maximum absolute atomic E-state index is 13.4. The molecule has 25 heavy (non-hydrogen) atoms. The van der Waals surface area contributed by atoms with Gasteiger partial charge in [0.05, 0.1) is 5.75 Å². The third-order valence-electron chi connectivity index (χ3n) is 3.68. The molecule has 0 radical (unpaired) electrons. The largest absolute Gasteiger partial charge is 0.467 e. The lowest BCUT2D eigenvalue weighted by Gasteiger charge is -2.37. The van der Waals surface area contributed by atoms with Crippen LogP contribution in [0.3, 0.4) is 0 Å². The van der Waals surface area contributed by atoms with Crippen LogP contribution in [-0.2, 0) is 0 Å². The summed E-state index contributed by atoms with van der Waals surface area (Å²) in [7, 11) is 0. The van der Waals surface area contributed by atoms with Crippen LogP contribution >= 0.6 is 11.8 Å². The van der Waals surface area contributed by atoms with Crippen LogP contribution in [0.1, 0.15) is 5.56 Å². The highest BCUT2D eigenvalue weighted by molar-refractivity contribution is 7.98. The molecule has 0 saturated carbocycles. The number of thioether (sulfide) groups is 1. The number of fused-ring (bicyclic) bond motifs is 1. The molecule has 0 saturated heterocycles. The van der Waals surface area contributed by atoms with Crippen molar-refractivity contribution in [3.05, 3.63) is 48.5 Å². The van der Waals surface area contributed by atoms with Gasteiger partial charge in [-0.3, -0.25) is 0 Å². The number of ether oxygens (including phenoxy) is 1. The zero-order valence-electron chi connectivity index (χ0n) is 13.0. The molecule has 0 heterocycles. The van der Waals surface area contributed by atoms with E-state index in [1.807, 2.05) is 0 Å². The van der Waals surface area contributed by atoms with E-state index in [1.54, 1.807) is 24.3 Å². The first-order chi connectivity index (χ1) is 11.6. The molecule has 2 aromatic carbocycles. The lowest BCUT2D eigenvalue weighted by atomic mass is 10.0. The molecule has 8 heteroatoms. The highest BCUT2D eigenvalue weighted by Crippen LogP contribution is 2.48. The molecule has 0 aliphatic heterocycles. The van der Waals surface area contributed by atoms with Crippen molar-refractivity contribution in [1.82, 2.24) is 0 Å². The molecular weight excluding hydrogens is 366 g/mol. The molecule has 0 unspecified atom stereocenters. The van der Waals surface area contributed by atoms with Gasteiger partial charge in [-0.25, -0.2) is 0 Å². The van der Waals surface area contributed by atoms with Gasteiger partial charge in [-0.2, -0.15) is 38.1 Å². The van der Waals surface area contributed by atoms with Crippen molar-refractivity contribution in [2.45, 2.75) is 18.0 Å². The molecule has 0 fully saturated rings. The second kappa shape index (κ2) is 6.82. The summed E-state index contributed by atoms with van der Waals surface area (Å²) in [6, 6.07) is 9.12.